The van der Waals surface area contributed by atoms with Crippen LogP contribution in [0.2, 0.25) is 0 Å². The smallest absolute Gasteiger partial charge is 0.280 e. The number of hydrogen-bond acceptors (Lipinski definition) is 4. The van der Waals surface area contributed by atoms with Gasteiger partial charge < -0.3 is 4.52 Å². The number of aromatic nitrogens is 1. The fourth-order valence-electron chi connectivity index (χ4n) is 1.40. The van der Waals surface area contributed by atoms with Crippen LogP contribution in [-0.2, 0) is 5.88 Å². The second-order valence-corrected chi connectivity index (χ2v) is 3.36. The van der Waals surface area contributed by atoms with Crippen molar-refractivity contribution in [3.63, 3.8) is 0 Å². The maximum absolute atomic E-state index is 10.8. The van der Waals surface area contributed by atoms with Crippen molar-refractivity contribution >= 4 is 17.3 Å². The van der Waals surface area contributed by atoms with Crippen LogP contribution in [0.25, 0.3) is 11.3 Å². The molecule has 6 heteroatoms. The molecule has 1 heterocycles. The highest BCUT2D eigenvalue weighted by Crippen LogP contribution is 2.32. The third-order valence-electron chi connectivity index (χ3n) is 2.13. The predicted octanol–water partition coefficient (Wildman–Crippen LogP) is 2.99. The quantitative estimate of drug-likeness (QED) is 0.468. The largest absolute Gasteiger partial charge is 0.356 e. The van der Waals surface area contributed by atoms with Crippen LogP contribution >= 0.6 is 11.6 Å². The van der Waals surface area contributed by atoms with E-state index >= 15 is 0 Å². The van der Waals surface area contributed by atoms with E-state index in [0.717, 1.165) is 0 Å². The SMILES string of the molecule is O=[N+]([O-])c1ccccc1-c1oncc1CCl. The number of nitro benzene ring substituents is 1. The molecule has 0 aliphatic heterocycles. The Kier molecular flexibility index (Phi) is 2.87. The minimum Gasteiger partial charge on any atom is -0.356 e. The molecule has 0 radical (unpaired) electrons. The molecular weight excluding hydrogens is 232 g/mol. The molecule has 0 fully saturated rings. The first-order valence-corrected chi connectivity index (χ1v) is 5.01. The van der Waals surface area contributed by atoms with Crippen molar-refractivity contribution in [1.29, 1.82) is 0 Å². The lowest BCUT2D eigenvalue weighted by molar-refractivity contribution is -0.384. The van der Waals surface area contributed by atoms with Gasteiger partial charge in [-0.15, -0.1) is 11.6 Å². The Labute approximate surface area is 95.8 Å². The van der Waals surface area contributed by atoms with Crippen molar-refractivity contribution in [1.82, 2.24) is 5.16 Å². The first-order valence-electron chi connectivity index (χ1n) is 4.47. The summed E-state index contributed by atoms with van der Waals surface area (Å²) in [6.45, 7) is 0. The van der Waals surface area contributed by atoms with Gasteiger partial charge in [-0.05, 0) is 6.07 Å². The third kappa shape index (κ3) is 1.77. The Morgan fingerprint density at radius 1 is 1.44 bits per heavy atom. The molecule has 0 unspecified atom stereocenters. The number of nitrogens with zero attached hydrogens (tertiary/aromatic N) is 2. The van der Waals surface area contributed by atoms with Gasteiger partial charge in [-0.2, -0.15) is 0 Å². The van der Waals surface area contributed by atoms with Gasteiger partial charge in [-0.3, -0.25) is 10.1 Å². The van der Waals surface area contributed by atoms with E-state index in [1.54, 1.807) is 18.2 Å². The van der Waals surface area contributed by atoms with E-state index in [1.807, 2.05) is 0 Å². The second kappa shape index (κ2) is 4.32. The highest BCUT2D eigenvalue weighted by atomic mass is 35.5. The lowest BCUT2D eigenvalue weighted by atomic mass is 10.1. The zero-order chi connectivity index (χ0) is 11.5. The molecule has 0 aliphatic rings. The first-order chi connectivity index (χ1) is 7.74. The van der Waals surface area contributed by atoms with E-state index < -0.39 is 4.92 Å². The number of rotatable bonds is 3. The minimum atomic E-state index is -0.462. The van der Waals surface area contributed by atoms with Crippen LogP contribution in [0, 0.1) is 10.1 Å². The maximum Gasteiger partial charge on any atom is 0.280 e. The van der Waals surface area contributed by atoms with Crippen molar-refractivity contribution in [2.45, 2.75) is 5.88 Å². The van der Waals surface area contributed by atoms with Crippen molar-refractivity contribution in [2.24, 2.45) is 0 Å². The summed E-state index contributed by atoms with van der Waals surface area (Å²) in [7, 11) is 0. The number of halogens is 1. The van der Waals surface area contributed by atoms with E-state index in [4.69, 9.17) is 16.1 Å². The van der Waals surface area contributed by atoms with E-state index in [2.05, 4.69) is 5.16 Å². The summed E-state index contributed by atoms with van der Waals surface area (Å²) < 4.78 is 4.99. The zero-order valence-corrected chi connectivity index (χ0v) is 8.85. The van der Waals surface area contributed by atoms with Crippen LogP contribution in [0.5, 0.6) is 0 Å². The van der Waals surface area contributed by atoms with Gasteiger partial charge in [0.15, 0.2) is 5.76 Å². The number of para-hydroxylation sites is 1. The monoisotopic (exact) mass is 238 g/mol. The summed E-state index contributed by atoms with van der Waals surface area (Å²) in [6, 6.07) is 6.31. The van der Waals surface area contributed by atoms with E-state index in [1.165, 1.54) is 12.3 Å². The molecule has 0 amide bonds. The predicted molar refractivity (Wildman–Crippen MR) is 58.2 cm³/mol. The number of benzene rings is 1. The fraction of sp³-hybridized carbons (Fsp3) is 0.100. The average Bonchev–Trinajstić information content (AvgIpc) is 2.76. The summed E-state index contributed by atoms with van der Waals surface area (Å²) in [5, 5.41) is 14.4. The molecule has 0 atom stereocenters. The molecule has 2 rings (SSSR count). The van der Waals surface area contributed by atoms with Crippen molar-refractivity contribution < 1.29 is 9.45 Å². The molecule has 0 spiro atoms. The molecule has 2 aromatic rings. The Balaban J connectivity index is 2.60. The minimum absolute atomic E-state index is 0.0226. The molecule has 0 N–H and O–H groups in total. The highest BCUT2D eigenvalue weighted by Gasteiger charge is 2.20. The molecule has 5 nitrogen and oxygen atoms in total. The third-order valence-corrected chi connectivity index (χ3v) is 2.42. The second-order valence-electron chi connectivity index (χ2n) is 3.09. The van der Waals surface area contributed by atoms with Crippen LogP contribution in [0.15, 0.2) is 35.0 Å². The Hall–Kier alpha value is -1.88. The summed E-state index contributed by atoms with van der Waals surface area (Å²) in [5.41, 5.74) is 1.00. The molecular formula is C10H7ClN2O3. The molecule has 0 saturated heterocycles. The molecule has 1 aromatic carbocycles. The standard InChI is InChI=1S/C10H7ClN2O3/c11-5-7-6-12-16-10(7)8-3-1-2-4-9(8)13(14)15/h1-4,6H,5H2. The van der Waals surface area contributed by atoms with Gasteiger partial charge in [0, 0.05) is 11.6 Å². The topological polar surface area (TPSA) is 69.2 Å². The highest BCUT2D eigenvalue weighted by molar-refractivity contribution is 6.17. The van der Waals surface area contributed by atoms with E-state index in [9.17, 15) is 10.1 Å². The zero-order valence-electron chi connectivity index (χ0n) is 8.09. The Bertz CT molecular complexity index is 524. The van der Waals surface area contributed by atoms with Crippen LogP contribution in [0.3, 0.4) is 0 Å². The van der Waals surface area contributed by atoms with Gasteiger partial charge in [0.2, 0.25) is 0 Å². The van der Waals surface area contributed by atoms with Gasteiger partial charge >= 0.3 is 0 Å². The lowest BCUT2D eigenvalue weighted by Gasteiger charge is -1.99. The normalized spacial score (nSPS) is 10.3. The van der Waals surface area contributed by atoms with Crippen molar-refractivity contribution in [3.8, 4) is 11.3 Å². The van der Waals surface area contributed by atoms with Gasteiger partial charge in [0.25, 0.3) is 5.69 Å². The molecule has 0 saturated carbocycles. The molecule has 1 aromatic heterocycles. The van der Waals surface area contributed by atoms with Crippen molar-refractivity contribution in [3.05, 3.63) is 46.1 Å². The first kappa shape index (κ1) is 10.6. The van der Waals surface area contributed by atoms with Gasteiger partial charge in [0.05, 0.1) is 22.6 Å². The van der Waals surface area contributed by atoms with Crippen LogP contribution in [0.4, 0.5) is 5.69 Å². The van der Waals surface area contributed by atoms with Crippen molar-refractivity contribution in [2.75, 3.05) is 0 Å². The van der Waals surface area contributed by atoms with Crippen LogP contribution in [-0.4, -0.2) is 10.1 Å². The summed E-state index contributed by atoms with van der Waals surface area (Å²) in [4.78, 5) is 10.4. The van der Waals surface area contributed by atoms with Crippen LogP contribution < -0.4 is 0 Å². The average molecular weight is 239 g/mol. The summed E-state index contributed by atoms with van der Waals surface area (Å²) in [5.74, 6) is 0.549. The number of hydrogen-bond donors (Lipinski definition) is 0. The maximum atomic E-state index is 10.8. The summed E-state index contributed by atoms with van der Waals surface area (Å²) in [6.07, 6.45) is 1.46. The van der Waals surface area contributed by atoms with Crippen LogP contribution in [0.1, 0.15) is 5.56 Å². The number of alkyl halides is 1. The molecule has 16 heavy (non-hydrogen) atoms. The van der Waals surface area contributed by atoms with Gasteiger partial charge in [-0.1, -0.05) is 17.3 Å². The van der Waals surface area contributed by atoms with Gasteiger partial charge in [0.1, 0.15) is 0 Å². The summed E-state index contributed by atoms with van der Waals surface area (Å²) >= 11 is 5.69. The number of nitro groups is 1. The Morgan fingerprint density at radius 3 is 2.88 bits per heavy atom. The molecule has 0 aliphatic carbocycles. The fourth-order valence-corrected chi connectivity index (χ4v) is 1.59. The van der Waals surface area contributed by atoms with E-state index in [-0.39, 0.29) is 11.6 Å². The van der Waals surface area contributed by atoms with Gasteiger partial charge in [-0.25, -0.2) is 0 Å². The van der Waals surface area contributed by atoms with E-state index in [0.29, 0.717) is 16.9 Å². The Morgan fingerprint density at radius 2 is 2.19 bits per heavy atom. The molecule has 82 valence electrons. The lowest BCUT2D eigenvalue weighted by Crippen LogP contribution is -1.91. The molecule has 0 bridgehead atoms.